The number of aliphatic imine (C=N–C) groups is 1. The van der Waals surface area contributed by atoms with Crippen molar-refractivity contribution in [1.82, 2.24) is 15.5 Å². The van der Waals surface area contributed by atoms with Crippen LogP contribution in [0.5, 0.6) is 0 Å². The van der Waals surface area contributed by atoms with Crippen LogP contribution in [0.2, 0.25) is 0 Å². The van der Waals surface area contributed by atoms with Crippen molar-refractivity contribution in [2.24, 2.45) is 4.99 Å². The number of esters is 1. The summed E-state index contributed by atoms with van der Waals surface area (Å²) in [7, 11) is 1.39. The monoisotopic (exact) mass is 490 g/mol. The molecule has 7 nitrogen and oxygen atoms in total. The number of methoxy groups -OCH3 is 1. The summed E-state index contributed by atoms with van der Waals surface area (Å²) in [5.41, 5.74) is 1.73. The Balaban J connectivity index is 0.00000364. The van der Waals surface area contributed by atoms with Crippen molar-refractivity contribution >= 4 is 35.9 Å². The number of ether oxygens (including phenoxy) is 2. The molecule has 0 amide bonds. The van der Waals surface area contributed by atoms with E-state index in [1.54, 1.807) is 12.1 Å². The number of guanidine groups is 1. The highest BCUT2D eigenvalue weighted by atomic mass is 127. The first kappa shape index (κ1) is 23.6. The highest BCUT2D eigenvalue weighted by Gasteiger charge is 2.09. The van der Waals surface area contributed by atoms with E-state index in [4.69, 9.17) is 9.47 Å². The van der Waals surface area contributed by atoms with E-state index in [0.717, 1.165) is 70.4 Å². The number of benzene rings is 1. The first-order chi connectivity index (χ1) is 12.7. The topological polar surface area (TPSA) is 75.2 Å². The van der Waals surface area contributed by atoms with Gasteiger partial charge in [-0.3, -0.25) is 9.89 Å². The van der Waals surface area contributed by atoms with Gasteiger partial charge in [0.15, 0.2) is 5.96 Å². The number of carbonyl (C=O) groups is 1. The van der Waals surface area contributed by atoms with Crippen molar-refractivity contribution in [2.45, 2.75) is 13.3 Å². The molecular formula is C19H31IN4O3. The average molecular weight is 490 g/mol. The minimum atomic E-state index is -0.309. The number of rotatable bonds is 8. The van der Waals surface area contributed by atoms with E-state index in [9.17, 15) is 4.79 Å². The van der Waals surface area contributed by atoms with Crippen molar-refractivity contribution in [3.05, 3.63) is 35.4 Å². The Hall–Kier alpha value is -1.39. The summed E-state index contributed by atoms with van der Waals surface area (Å²) >= 11 is 0. The van der Waals surface area contributed by atoms with Crippen LogP contribution >= 0.6 is 24.0 Å². The maximum absolute atomic E-state index is 11.4. The molecule has 1 fully saturated rings. The number of hydrogen-bond donors (Lipinski definition) is 2. The summed E-state index contributed by atoms with van der Waals surface area (Å²) in [6, 6.07) is 7.50. The van der Waals surface area contributed by atoms with Crippen LogP contribution in [0.1, 0.15) is 22.8 Å². The Morgan fingerprint density at radius 2 is 1.93 bits per heavy atom. The standard InChI is InChI=1S/C19H30N4O3.HI/c1-3-20-19(22-10-11-23-12-14-26-15-13-23)21-9-8-16-4-6-17(7-5-16)18(24)25-2;/h4-7H,3,8-15H2,1-2H3,(H2,20,21,22);1H. The van der Waals surface area contributed by atoms with Crippen LogP contribution < -0.4 is 10.6 Å². The lowest BCUT2D eigenvalue weighted by molar-refractivity contribution is 0.0394. The maximum atomic E-state index is 11.4. The van der Waals surface area contributed by atoms with E-state index < -0.39 is 0 Å². The molecule has 0 spiro atoms. The first-order valence-corrected chi connectivity index (χ1v) is 9.22. The van der Waals surface area contributed by atoms with Crippen LogP contribution in [-0.4, -0.2) is 76.4 Å². The van der Waals surface area contributed by atoms with Crippen LogP contribution in [0.3, 0.4) is 0 Å². The average Bonchev–Trinajstić information content (AvgIpc) is 2.69. The van der Waals surface area contributed by atoms with Crippen LogP contribution in [-0.2, 0) is 15.9 Å². The highest BCUT2D eigenvalue weighted by molar-refractivity contribution is 14.0. The fourth-order valence-electron chi connectivity index (χ4n) is 2.72. The lowest BCUT2D eigenvalue weighted by atomic mass is 10.1. The molecule has 1 aromatic rings. The largest absolute Gasteiger partial charge is 0.465 e. The third-order valence-electron chi connectivity index (χ3n) is 4.22. The van der Waals surface area contributed by atoms with Gasteiger partial charge in [-0.1, -0.05) is 12.1 Å². The summed E-state index contributed by atoms with van der Waals surface area (Å²) in [6.45, 7) is 9.00. The van der Waals surface area contributed by atoms with Crippen LogP contribution in [0.4, 0.5) is 0 Å². The summed E-state index contributed by atoms with van der Waals surface area (Å²) in [5.74, 6) is 0.531. The van der Waals surface area contributed by atoms with Gasteiger partial charge >= 0.3 is 5.97 Å². The van der Waals surface area contributed by atoms with Gasteiger partial charge in [-0.2, -0.15) is 0 Å². The molecular weight excluding hydrogens is 459 g/mol. The third-order valence-corrected chi connectivity index (χ3v) is 4.22. The Kier molecular flexibility index (Phi) is 12.0. The third kappa shape index (κ3) is 8.89. The molecule has 1 heterocycles. The second-order valence-corrected chi connectivity index (χ2v) is 6.08. The highest BCUT2D eigenvalue weighted by Crippen LogP contribution is 2.06. The minimum Gasteiger partial charge on any atom is -0.465 e. The molecule has 0 radical (unpaired) electrons. The van der Waals surface area contributed by atoms with E-state index in [2.05, 4.69) is 27.4 Å². The molecule has 1 aromatic carbocycles. The molecule has 0 unspecified atom stereocenters. The molecule has 2 N–H and O–H groups in total. The number of hydrogen-bond acceptors (Lipinski definition) is 5. The van der Waals surface area contributed by atoms with Gasteiger partial charge in [-0.25, -0.2) is 4.79 Å². The number of carbonyl (C=O) groups excluding carboxylic acids is 1. The van der Waals surface area contributed by atoms with Gasteiger partial charge in [0.2, 0.25) is 0 Å². The van der Waals surface area contributed by atoms with E-state index in [-0.39, 0.29) is 29.9 Å². The van der Waals surface area contributed by atoms with Crippen molar-refractivity contribution in [3.63, 3.8) is 0 Å². The van der Waals surface area contributed by atoms with Gasteiger partial charge in [0.1, 0.15) is 0 Å². The summed E-state index contributed by atoms with van der Waals surface area (Å²) in [6.07, 6.45) is 0.856. The van der Waals surface area contributed by atoms with Crippen molar-refractivity contribution < 1.29 is 14.3 Å². The molecule has 1 saturated heterocycles. The fourth-order valence-corrected chi connectivity index (χ4v) is 2.72. The van der Waals surface area contributed by atoms with Crippen molar-refractivity contribution in [1.29, 1.82) is 0 Å². The van der Waals surface area contributed by atoms with Crippen LogP contribution in [0.25, 0.3) is 0 Å². The number of nitrogens with one attached hydrogen (secondary N) is 2. The zero-order valence-corrected chi connectivity index (χ0v) is 18.5. The molecule has 2 rings (SSSR count). The second-order valence-electron chi connectivity index (χ2n) is 6.08. The predicted molar refractivity (Wildman–Crippen MR) is 118 cm³/mol. The molecule has 0 atom stereocenters. The minimum absolute atomic E-state index is 0. The molecule has 27 heavy (non-hydrogen) atoms. The van der Waals surface area contributed by atoms with E-state index in [1.165, 1.54) is 7.11 Å². The van der Waals surface area contributed by atoms with Gasteiger partial charge < -0.3 is 20.1 Å². The Morgan fingerprint density at radius 1 is 1.22 bits per heavy atom. The Labute approximate surface area is 178 Å². The molecule has 0 bridgehead atoms. The SMILES string of the molecule is CCNC(=NCCN1CCOCC1)NCCc1ccc(C(=O)OC)cc1.I. The smallest absolute Gasteiger partial charge is 0.337 e. The fraction of sp³-hybridized carbons (Fsp3) is 0.579. The zero-order chi connectivity index (χ0) is 18.6. The van der Waals surface area contributed by atoms with E-state index in [1.807, 2.05) is 12.1 Å². The summed E-state index contributed by atoms with van der Waals surface area (Å²) in [4.78, 5) is 18.5. The van der Waals surface area contributed by atoms with Gasteiger partial charge in [-0.15, -0.1) is 24.0 Å². The summed E-state index contributed by atoms with van der Waals surface area (Å²) in [5, 5.41) is 6.63. The van der Waals surface area contributed by atoms with Crippen molar-refractivity contribution in [2.75, 3.05) is 59.6 Å². The Morgan fingerprint density at radius 3 is 2.56 bits per heavy atom. The first-order valence-electron chi connectivity index (χ1n) is 9.22. The van der Waals surface area contributed by atoms with Crippen LogP contribution in [0, 0.1) is 0 Å². The van der Waals surface area contributed by atoms with Gasteiger partial charge in [-0.05, 0) is 31.0 Å². The predicted octanol–water partition coefficient (Wildman–Crippen LogP) is 1.52. The zero-order valence-electron chi connectivity index (χ0n) is 16.2. The number of morpholine rings is 1. The second kappa shape index (κ2) is 13.7. The lowest BCUT2D eigenvalue weighted by Crippen LogP contribution is -2.40. The molecule has 0 saturated carbocycles. The molecule has 152 valence electrons. The molecule has 0 aromatic heterocycles. The molecule has 0 aliphatic carbocycles. The van der Waals surface area contributed by atoms with Gasteiger partial charge in [0.25, 0.3) is 0 Å². The molecule has 1 aliphatic heterocycles. The maximum Gasteiger partial charge on any atom is 0.337 e. The lowest BCUT2D eigenvalue weighted by Gasteiger charge is -2.25. The number of nitrogens with zero attached hydrogens (tertiary/aromatic N) is 2. The van der Waals surface area contributed by atoms with Crippen LogP contribution in [0.15, 0.2) is 29.3 Å². The van der Waals surface area contributed by atoms with E-state index >= 15 is 0 Å². The Bertz CT molecular complexity index is 575. The summed E-state index contributed by atoms with van der Waals surface area (Å²) < 4.78 is 10.1. The quantitative estimate of drug-likeness (QED) is 0.249. The van der Waals surface area contributed by atoms with E-state index in [0.29, 0.717) is 5.56 Å². The normalized spacial score (nSPS) is 15.0. The van der Waals surface area contributed by atoms with Gasteiger partial charge in [0.05, 0.1) is 32.4 Å². The molecule has 8 heteroatoms. The van der Waals surface area contributed by atoms with Gasteiger partial charge in [0, 0.05) is 32.7 Å². The number of halogens is 1. The molecule has 1 aliphatic rings. The van der Waals surface area contributed by atoms with Crippen molar-refractivity contribution in [3.8, 4) is 0 Å².